The maximum Gasteiger partial charge on any atom is 0.431 e. The second-order valence-electron chi connectivity index (χ2n) is 4.01. The van der Waals surface area contributed by atoms with E-state index >= 15 is 0 Å². The van der Waals surface area contributed by atoms with Gasteiger partial charge in [-0.25, -0.2) is 0 Å². The molecule has 0 saturated heterocycles. The largest absolute Gasteiger partial charge is 0.431 e. The van der Waals surface area contributed by atoms with Crippen molar-refractivity contribution in [3.8, 4) is 0 Å². The molecule has 2 aromatic rings. The average Bonchev–Trinajstić information content (AvgIpc) is 2.56. The predicted molar refractivity (Wildman–Crippen MR) is 60.7 cm³/mol. The van der Waals surface area contributed by atoms with E-state index in [1.807, 2.05) is 6.07 Å². The molecule has 92 valence electrons. The van der Waals surface area contributed by atoms with Gasteiger partial charge in [-0.05, 0) is 24.7 Å². The molecule has 0 atom stereocenters. The zero-order valence-electron chi connectivity index (χ0n) is 9.60. The zero-order chi connectivity index (χ0) is 12.6. The zero-order valence-corrected chi connectivity index (χ0v) is 9.60. The summed E-state index contributed by atoms with van der Waals surface area (Å²) in [5, 5.41) is 3.58. The molecule has 0 aliphatic heterocycles. The maximum absolute atomic E-state index is 12.7. The Morgan fingerprint density at radius 2 is 1.94 bits per heavy atom. The minimum Gasteiger partial charge on any atom is -0.340 e. The van der Waals surface area contributed by atoms with E-state index in [0.29, 0.717) is 17.4 Å². The lowest BCUT2D eigenvalue weighted by Crippen LogP contribution is -2.10. The summed E-state index contributed by atoms with van der Waals surface area (Å²) in [6, 6.07) is 6.51. The van der Waals surface area contributed by atoms with Crippen molar-refractivity contribution in [1.82, 2.24) is 9.88 Å². The van der Waals surface area contributed by atoms with Crippen LogP contribution in [0.5, 0.6) is 0 Å². The molecule has 17 heavy (non-hydrogen) atoms. The summed E-state index contributed by atoms with van der Waals surface area (Å²) >= 11 is 0. The van der Waals surface area contributed by atoms with Gasteiger partial charge in [-0.1, -0.05) is 12.1 Å². The Bertz CT molecular complexity index is 540. The molecule has 0 fully saturated rings. The molecule has 0 aliphatic rings. The number of halogens is 3. The molecular weight excluding hydrogens is 229 g/mol. The lowest BCUT2D eigenvalue weighted by atomic mass is 10.1. The minimum absolute atomic E-state index is 0.602. The highest BCUT2D eigenvalue weighted by atomic mass is 19.4. The van der Waals surface area contributed by atoms with E-state index in [2.05, 4.69) is 5.32 Å². The molecule has 1 aromatic carbocycles. The summed E-state index contributed by atoms with van der Waals surface area (Å²) in [6.07, 6.45) is -4.31. The molecular formula is C12H13F3N2. The van der Waals surface area contributed by atoms with Crippen LogP contribution in [0.2, 0.25) is 0 Å². The van der Waals surface area contributed by atoms with E-state index in [9.17, 15) is 13.2 Å². The van der Waals surface area contributed by atoms with Gasteiger partial charge in [0.25, 0.3) is 0 Å². The van der Waals surface area contributed by atoms with Gasteiger partial charge in [0.05, 0.1) is 0 Å². The van der Waals surface area contributed by atoms with E-state index in [1.54, 1.807) is 19.2 Å². The Balaban J connectivity index is 2.59. The van der Waals surface area contributed by atoms with Crippen LogP contribution in [0, 0.1) is 0 Å². The topological polar surface area (TPSA) is 17.0 Å². The maximum atomic E-state index is 12.7. The van der Waals surface area contributed by atoms with E-state index in [0.717, 1.165) is 5.56 Å². The van der Waals surface area contributed by atoms with Gasteiger partial charge < -0.3 is 9.88 Å². The van der Waals surface area contributed by atoms with E-state index in [1.165, 1.54) is 17.7 Å². The Morgan fingerprint density at radius 1 is 1.24 bits per heavy atom. The summed E-state index contributed by atoms with van der Waals surface area (Å²) in [6.45, 7) is 0.641. The molecule has 0 saturated carbocycles. The van der Waals surface area contributed by atoms with Crippen molar-refractivity contribution in [3.05, 3.63) is 35.5 Å². The van der Waals surface area contributed by atoms with Crippen LogP contribution in [0.1, 0.15) is 11.3 Å². The second kappa shape index (κ2) is 4.07. The first kappa shape index (κ1) is 12.0. The summed E-state index contributed by atoms with van der Waals surface area (Å²) in [4.78, 5) is 0. The van der Waals surface area contributed by atoms with Crippen LogP contribution in [0.4, 0.5) is 13.2 Å². The first-order valence-corrected chi connectivity index (χ1v) is 5.23. The van der Waals surface area contributed by atoms with Crippen molar-refractivity contribution >= 4 is 10.9 Å². The van der Waals surface area contributed by atoms with Gasteiger partial charge in [-0.3, -0.25) is 0 Å². The van der Waals surface area contributed by atoms with Crippen LogP contribution in [0.3, 0.4) is 0 Å². The SMILES string of the molecule is CNCc1ccc2cc(C(F)(F)F)n(C)c2c1. The summed E-state index contributed by atoms with van der Waals surface area (Å²) in [5.74, 6) is 0. The number of aryl methyl sites for hydroxylation is 1. The number of fused-ring (bicyclic) bond motifs is 1. The van der Waals surface area contributed by atoms with E-state index in [4.69, 9.17) is 0 Å². The van der Waals surface area contributed by atoms with Gasteiger partial charge >= 0.3 is 6.18 Å². The Kier molecular flexibility index (Phi) is 2.87. The number of aromatic nitrogens is 1. The standard InChI is InChI=1S/C12H13F3N2/c1-16-7-8-3-4-9-6-11(12(13,14)15)17(2)10(9)5-8/h3-6,16H,7H2,1-2H3. The molecule has 0 amide bonds. The number of hydrogen-bond acceptors (Lipinski definition) is 1. The third-order valence-electron chi connectivity index (χ3n) is 2.78. The third kappa shape index (κ3) is 2.15. The lowest BCUT2D eigenvalue weighted by molar-refractivity contribution is -0.142. The molecule has 1 aromatic heterocycles. The van der Waals surface area contributed by atoms with Crippen molar-refractivity contribution in [3.63, 3.8) is 0 Å². The number of alkyl halides is 3. The van der Waals surface area contributed by atoms with Gasteiger partial charge in [0, 0.05) is 24.5 Å². The fourth-order valence-electron chi connectivity index (χ4n) is 1.96. The number of rotatable bonds is 2. The van der Waals surface area contributed by atoms with Crippen molar-refractivity contribution in [2.75, 3.05) is 7.05 Å². The Labute approximate surface area is 97.0 Å². The highest BCUT2D eigenvalue weighted by Gasteiger charge is 2.34. The molecule has 0 unspecified atom stereocenters. The quantitative estimate of drug-likeness (QED) is 0.856. The first-order valence-electron chi connectivity index (χ1n) is 5.23. The number of hydrogen-bond donors (Lipinski definition) is 1. The van der Waals surface area contributed by atoms with E-state index in [-0.39, 0.29) is 0 Å². The van der Waals surface area contributed by atoms with Gasteiger partial charge in [0.1, 0.15) is 5.69 Å². The van der Waals surface area contributed by atoms with Crippen LogP contribution in [0.15, 0.2) is 24.3 Å². The van der Waals surface area contributed by atoms with Crippen LogP contribution >= 0.6 is 0 Å². The summed E-state index contributed by atoms with van der Waals surface area (Å²) in [7, 11) is 3.24. The highest BCUT2D eigenvalue weighted by molar-refractivity contribution is 5.82. The number of benzene rings is 1. The summed E-state index contributed by atoms with van der Waals surface area (Å²) in [5.41, 5.74) is 0.953. The molecule has 5 heteroatoms. The van der Waals surface area contributed by atoms with E-state index < -0.39 is 11.9 Å². The van der Waals surface area contributed by atoms with Gasteiger partial charge in [-0.15, -0.1) is 0 Å². The van der Waals surface area contributed by atoms with Crippen LogP contribution in [0.25, 0.3) is 10.9 Å². The van der Waals surface area contributed by atoms with Crippen molar-refractivity contribution in [2.24, 2.45) is 7.05 Å². The number of nitrogens with one attached hydrogen (secondary N) is 1. The monoisotopic (exact) mass is 242 g/mol. The van der Waals surface area contributed by atoms with Gasteiger partial charge in [0.2, 0.25) is 0 Å². The van der Waals surface area contributed by atoms with Crippen LogP contribution < -0.4 is 5.32 Å². The fraction of sp³-hybridized carbons (Fsp3) is 0.333. The molecule has 1 heterocycles. The van der Waals surface area contributed by atoms with Gasteiger partial charge in [-0.2, -0.15) is 13.2 Å². The predicted octanol–water partition coefficient (Wildman–Crippen LogP) is 2.92. The molecule has 0 radical (unpaired) electrons. The fourth-order valence-corrected chi connectivity index (χ4v) is 1.96. The molecule has 2 nitrogen and oxygen atoms in total. The first-order chi connectivity index (χ1) is 7.93. The molecule has 2 rings (SSSR count). The average molecular weight is 242 g/mol. The minimum atomic E-state index is -4.31. The van der Waals surface area contributed by atoms with Crippen LogP contribution in [-0.2, 0) is 19.8 Å². The molecule has 0 aliphatic carbocycles. The third-order valence-corrected chi connectivity index (χ3v) is 2.78. The number of nitrogens with zero attached hydrogens (tertiary/aromatic N) is 1. The van der Waals surface area contributed by atoms with Gasteiger partial charge in [0.15, 0.2) is 0 Å². The van der Waals surface area contributed by atoms with Crippen molar-refractivity contribution in [1.29, 1.82) is 0 Å². The smallest absolute Gasteiger partial charge is 0.340 e. The van der Waals surface area contributed by atoms with Crippen LogP contribution in [-0.4, -0.2) is 11.6 Å². The normalized spacial score (nSPS) is 12.3. The highest BCUT2D eigenvalue weighted by Crippen LogP contribution is 2.33. The van der Waals surface area contributed by atoms with Crippen molar-refractivity contribution < 1.29 is 13.2 Å². The molecule has 0 bridgehead atoms. The summed E-state index contributed by atoms with van der Waals surface area (Å²) < 4.78 is 39.3. The Hall–Kier alpha value is -1.49. The molecule has 1 N–H and O–H groups in total. The lowest BCUT2D eigenvalue weighted by Gasteiger charge is -2.08. The second-order valence-corrected chi connectivity index (χ2v) is 4.01. The Morgan fingerprint density at radius 3 is 2.53 bits per heavy atom. The van der Waals surface area contributed by atoms with Crippen molar-refractivity contribution in [2.45, 2.75) is 12.7 Å². The molecule has 0 spiro atoms.